The van der Waals surface area contributed by atoms with Crippen molar-refractivity contribution >= 4 is 5.97 Å². The van der Waals surface area contributed by atoms with Gasteiger partial charge in [0.05, 0.1) is 6.61 Å². The highest BCUT2D eigenvalue weighted by Crippen LogP contribution is 2.22. The fourth-order valence-corrected chi connectivity index (χ4v) is 2.28. The highest BCUT2D eigenvalue weighted by atomic mass is 16.5. The Balaban J connectivity index is 2.29. The summed E-state index contributed by atoms with van der Waals surface area (Å²) in [5.74, 6) is -0.429. The van der Waals surface area contributed by atoms with Gasteiger partial charge in [-0.1, -0.05) is 57.6 Å². The third-order valence-electron chi connectivity index (χ3n) is 3.45. The molecule has 1 rings (SSSR count). The van der Waals surface area contributed by atoms with E-state index in [0.29, 0.717) is 12.4 Å². The first-order chi connectivity index (χ1) is 9.66. The summed E-state index contributed by atoms with van der Waals surface area (Å²) in [6.07, 6.45) is 8.58. The molecule has 0 bridgehead atoms. The number of aryl methyl sites for hydroxylation is 1. The van der Waals surface area contributed by atoms with Gasteiger partial charge in [0.25, 0.3) is 0 Å². The fourth-order valence-electron chi connectivity index (χ4n) is 2.28. The minimum atomic E-state index is -0.919. The third-order valence-corrected chi connectivity index (χ3v) is 3.45. The van der Waals surface area contributed by atoms with Gasteiger partial charge in [-0.15, -0.1) is 0 Å². The molecule has 0 aromatic heterocycles. The molecular weight excluding hydrogens is 252 g/mol. The summed E-state index contributed by atoms with van der Waals surface area (Å²) in [5, 5.41) is 9.19. The van der Waals surface area contributed by atoms with Gasteiger partial charge in [0.1, 0.15) is 11.3 Å². The molecule has 20 heavy (non-hydrogen) atoms. The summed E-state index contributed by atoms with van der Waals surface area (Å²) >= 11 is 0. The summed E-state index contributed by atoms with van der Waals surface area (Å²) < 4.78 is 5.63. The number of hydrogen-bond acceptors (Lipinski definition) is 2. The zero-order valence-electron chi connectivity index (χ0n) is 12.7. The van der Waals surface area contributed by atoms with Crippen LogP contribution in [-0.2, 0) is 0 Å². The lowest BCUT2D eigenvalue weighted by Gasteiger charge is -2.10. The highest BCUT2D eigenvalue weighted by molar-refractivity contribution is 5.92. The molecule has 0 aliphatic carbocycles. The van der Waals surface area contributed by atoms with Crippen molar-refractivity contribution in [2.24, 2.45) is 0 Å². The summed E-state index contributed by atoms with van der Waals surface area (Å²) in [5.41, 5.74) is 1.03. The molecular formula is C17H26O3. The average Bonchev–Trinajstić information content (AvgIpc) is 2.41. The van der Waals surface area contributed by atoms with E-state index in [1.807, 2.05) is 6.07 Å². The number of carboxylic acids is 1. The fraction of sp³-hybridized carbons (Fsp3) is 0.588. The number of ether oxygens (including phenoxy) is 1. The van der Waals surface area contributed by atoms with Gasteiger partial charge >= 0.3 is 5.97 Å². The summed E-state index contributed by atoms with van der Waals surface area (Å²) in [6.45, 7) is 4.61. The summed E-state index contributed by atoms with van der Waals surface area (Å²) in [7, 11) is 0. The molecule has 1 aromatic carbocycles. The molecule has 0 saturated heterocycles. The first-order valence-corrected chi connectivity index (χ1v) is 7.62. The smallest absolute Gasteiger partial charge is 0.339 e. The van der Waals surface area contributed by atoms with E-state index in [1.165, 1.54) is 32.1 Å². The zero-order valence-corrected chi connectivity index (χ0v) is 12.7. The van der Waals surface area contributed by atoms with Gasteiger partial charge in [-0.25, -0.2) is 4.79 Å². The van der Waals surface area contributed by atoms with Crippen molar-refractivity contribution in [2.75, 3.05) is 6.61 Å². The maximum absolute atomic E-state index is 11.2. The predicted molar refractivity (Wildman–Crippen MR) is 81.6 cm³/mol. The Morgan fingerprint density at radius 2 is 1.75 bits per heavy atom. The van der Waals surface area contributed by atoms with Gasteiger partial charge in [-0.3, -0.25) is 0 Å². The first-order valence-electron chi connectivity index (χ1n) is 7.62. The van der Waals surface area contributed by atoms with Gasteiger partial charge in [-0.05, 0) is 25.0 Å². The molecule has 0 amide bonds. The Morgan fingerprint density at radius 1 is 1.10 bits per heavy atom. The van der Waals surface area contributed by atoms with Crippen molar-refractivity contribution in [1.82, 2.24) is 0 Å². The molecule has 3 nitrogen and oxygen atoms in total. The third kappa shape index (κ3) is 5.64. The second-order valence-corrected chi connectivity index (χ2v) is 5.22. The number of benzene rings is 1. The average molecular weight is 278 g/mol. The normalized spacial score (nSPS) is 10.5. The van der Waals surface area contributed by atoms with Crippen LogP contribution in [0.2, 0.25) is 0 Å². The van der Waals surface area contributed by atoms with E-state index in [4.69, 9.17) is 4.74 Å². The quantitative estimate of drug-likeness (QED) is 0.624. The SMILES string of the molecule is CCCCCCCCCOc1cccc(C)c1C(=O)O. The Morgan fingerprint density at radius 3 is 2.40 bits per heavy atom. The predicted octanol–water partition coefficient (Wildman–Crippen LogP) is 4.82. The van der Waals surface area contributed by atoms with Crippen molar-refractivity contribution in [3.05, 3.63) is 29.3 Å². The van der Waals surface area contributed by atoms with Crippen molar-refractivity contribution < 1.29 is 14.6 Å². The van der Waals surface area contributed by atoms with Gasteiger partial charge in [0.15, 0.2) is 0 Å². The van der Waals surface area contributed by atoms with Crippen molar-refractivity contribution in [3.8, 4) is 5.75 Å². The van der Waals surface area contributed by atoms with Crippen LogP contribution in [0.5, 0.6) is 5.75 Å². The maximum Gasteiger partial charge on any atom is 0.339 e. The molecule has 1 aromatic rings. The van der Waals surface area contributed by atoms with Crippen molar-refractivity contribution in [3.63, 3.8) is 0 Å². The minimum Gasteiger partial charge on any atom is -0.493 e. The van der Waals surface area contributed by atoms with Crippen LogP contribution in [0.1, 0.15) is 67.8 Å². The topological polar surface area (TPSA) is 46.5 Å². The van der Waals surface area contributed by atoms with Gasteiger partial charge in [0.2, 0.25) is 0 Å². The van der Waals surface area contributed by atoms with Gasteiger partial charge in [-0.2, -0.15) is 0 Å². The monoisotopic (exact) mass is 278 g/mol. The Kier molecular flexibility index (Phi) is 7.78. The Labute approximate surface area is 122 Å². The van der Waals surface area contributed by atoms with E-state index in [1.54, 1.807) is 19.1 Å². The van der Waals surface area contributed by atoms with Gasteiger partial charge in [0, 0.05) is 0 Å². The van der Waals surface area contributed by atoms with E-state index >= 15 is 0 Å². The highest BCUT2D eigenvalue weighted by Gasteiger charge is 2.13. The largest absolute Gasteiger partial charge is 0.493 e. The second kappa shape index (κ2) is 9.40. The molecule has 3 heteroatoms. The molecule has 0 fully saturated rings. The molecule has 0 radical (unpaired) electrons. The number of aromatic carboxylic acids is 1. The summed E-state index contributed by atoms with van der Waals surface area (Å²) in [4.78, 5) is 11.2. The zero-order chi connectivity index (χ0) is 14.8. The van der Waals surface area contributed by atoms with E-state index in [2.05, 4.69) is 6.92 Å². The van der Waals surface area contributed by atoms with Crippen LogP contribution in [0.3, 0.4) is 0 Å². The minimum absolute atomic E-state index is 0.287. The van der Waals surface area contributed by atoms with E-state index in [9.17, 15) is 9.90 Å². The molecule has 112 valence electrons. The number of unbranched alkanes of at least 4 members (excludes halogenated alkanes) is 6. The maximum atomic E-state index is 11.2. The molecule has 0 heterocycles. The standard InChI is InChI=1S/C17H26O3/c1-3-4-5-6-7-8-9-13-20-15-12-10-11-14(2)16(15)17(18)19/h10-12H,3-9,13H2,1-2H3,(H,18,19). The lowest BCUT2D eigenvalue weighted by atomic mass is 10.1. The molecule has 0 aliphatic rings. The molecule has 1 N–H and O–H groups in total. The molecule has 0 unspecified atom stereocenters. The lowest BCUT2D eigenvalue weighted by molar-refractivity contribution is 0.0691. The second-order valence-electron chi connectivity index (χ2n) is 5.22. The lowest BCUT2D eigenvalue weighted by Crippen LogP contribution is -2.06. The number of hydrogen-bond donors (Lipinski definition) is 1. The number of carboxylic acid groups (broad SMARTS) is 1. The Hall–Kier alpha value is -1.51. The molecule has 0 saturated carbocycles. The molecule has 0 aliphatic heterocycles. The molecule has 0 atom stereocenters. The van der Waals surface area contributed by atoms with Crippen molar-refractivity contribution in [1.29, 1.82) is 0 Å². The number of rotatable bonds is 10. The molecule has 0 spiro atoms. The van der Waals surface area contributed by atoms with Crippen LogP contribution < -0.4 is 4.74 Å². The van der Waals surface area contributed by atoms with Gasteiger partial charge < -0.3 is 9.84 Å². The van der Waals surface area contributed by atoms with Crippen LogP contribution in [-0.4, -0.2) is 17.7 Å². The first kappa shape index (κ1) is 16.5. The van der Waals surface area contributed by atoms with Crippen LogP contribution in [0.15, 0.2) is 18.2 Å². The Bertz CT molecular complexity index is 413. The van der Waals surface area contributed by atoms with Crippen LogP contribution in [0.4, 0.5) is 0 Å². The van der Waals surface area contributed by atoms with E-state index in [-0.39, 0.29) is 5.56 Å². The summed E-state index contributed by atoms with van der Waals surface area (Å²) in [6, 6.07) is 5.36. The van der Waals surface area contributed by atoms with Crippen LogP contribution >= 0.6 is 0 Å². The van der Waals surface area contributed by atoms with E-state index < -0.39 is 5.97 Å². The number of carbonyl (C=O) groups is 1. The van der Waals surface area contributed by atoms with E-state index in [0.717, 1.165) is 18.4 Å². The van der Waals surface area contributed by atoms with Crippen molar-refractivity contribution in [2.45, 2.75) is 58.8 Å². The van der Waals surface area contributed by atoms with Crippen LogP contribution in [0.25, 0.3) is 0 Å². The van der Waals surface area contributed by atoms with Crippen LogP contribution in [0, 0.1) is 6.92 Å².